The lowest BCUT2D eigenvalue weighted by Gasteiger charge is -2.35. The van der Waals surface area contributed by atoms with Crippen LogP contribution in [0.25, 0.3) is 10.9 Å². The summed E-state index contributed by atoms with van der Waals surface area (Å²) in [5, 5.41) is 11.3. The molecule has 126 valence electrons. The van der Waals surface area contributed by atoms with Gasteiger partial charge in [0, 0.05) is 31.6 Å². The van der Waals surface area contributed by atoms with Gasteiger partial charge in [-0.15, -0.1) is 11.8 Å². The van der Waals surface area contributed by atoms with E-state index < -0.39 is 10.0 Å². The highest BCUT2D eigenvalue weighted by Crippen LogP contribution is 2.35. The van der Waals surface area contributed by atoms with Crippen molar-refractivity contribution in [1.29, 1.82) is 5.26 Å². The molecule has 1 saturated heterocycles. The number of hydrogen-bond donors (Lipinski definition) is 0. The second-order valence-corrected chi connectivity index (χ2v) is 8.40. The predicted octanol–water partition coefficient (Wildman–Crippen LogP) is 1.91. The number of nitriles is 1. The Morgan fingerprint density at radius 3 is 2.46 bits per heavy atom. The summed E-state index contributed by atoms with van der Waals surface area (Å²) in [6, 6.07) is 10.0. The fourth-order valence-corrected chi connectivity index (χ4v) is 4.36. The molecule has 1 fully saturated rings. The van der Waals surface area contributed by atoms with E-state index in [2.05, 4.69) is 16.0 Å². The fourth-order valence-electron chi connectivity index (χ4n) is 2.99. The minimum absolute atomic E-state index is 0.426. The number of para-hydroxylation sites is 1. The molecule has 0 radical (unpaired) electrons. The molecule has 1 aromatic carbocycles. The molecule has 0 unspecified atom stereocenters. The van der Waals surface area contributed by atoms with Gasteiger partial charge in [0.2, 0.25) is 10.0 Å². The smallest absolute Gasteiger partial charge is 0.211 e. The number of hydrogen-bond acceptors (Lipinski definition) is 6. The molecular formula is C16H18N4O2S2. The third-order valence-corrected chi connectivity index (χ3v) is 6.15. The van der Waals surface area contributed by atoms with Crippen LogP contribution in [-0.4, -0.2) is 56.4 Å². The van der Waals surface area contributed by atoms with Crippen LogP contribution in [0.4, 0.5) is 5.69 Å². The first-order chi connectivity index (χ1) is 11.5. The Labute approximate surface area is 146 Å². The maximum atomic E-state index is 11.7. The molecule has 2 heterocycles. The lowest BCUT2D eigenvalue weighted by Crippen LogP contribution is -2.48. The quantitative estimate of drug-likeness (QED) is 0.776. The van der Waals surface area contributed by atoms with E-state index in [4.69, 9.17) is 0 Å². The van der Waals surface area contributed by atoms with Gasteiger partial charge in [0.05, 0.1) is 17.5 Å². The van der Waals surface area contributed by atoms with Gasteiger partial charge in [-0.1, -0.05) is 18.2 Å². The van der Waals surface area contributed by atoms with Crippen molar-refractivity contribution in [2.45, 2.75) is 5.03 Å². The van der Waals surface area contributed by atoms with Crippen molar-refractivity contribution in [3.8, 4) is 6.07 Å². The maximum absolute atomic E-state index is 11.7. The summed E-state index contributed by atoms with van der Waals surface area (Å²) >= 11 is 1.45. The molecule has 1 aliphatic heterocycles. The van der Waals surface area contributed by atoms with Crippen LogP contribution in [-0.2, 0) is 10.0 Å². The molecule has 0 spiro atoms. The zero-order valence-electron chi connectivity index (χ0n) is 13.6. The Balaban J connectivity index is 2.08. The lowest BCUT2D eigenvalue weighted by molar-refractivity contribution is 0.388. The lowest BCUT2D eigenvalue weighted by atomic mass is 10.1. The van der Waals surface area contributed by atoms with E-state index in [-0.39, 0.29) is 0 Å². The first-order valence-electron chi connectivity index (χ1n) is 7.52. The number of fused-ring (bicyclic) bond motifs is 1. The number of nitrogens with zero attached hydrogens (tertiary/aromatic N) is 4. The van der Waals surface area contributed by atoms with Crippen molar-refractivity contribution in [1.82, 2.24) is 9.29 Å². The summed E-state index contributed by atoms with van der Waals surface area (Å²) in [5.41, 5.74) is 2.27. The van der Waals surface area contributed by atoms with E-state index in [1.54, 1.807) is 0 Å². The van der Waals surface area contributed by atoms with E-state index in [9.17, 15) is 13.7 Å². The SMILES string of the molecule is CSc1nc2ccccc2c(N2CCN(S(C)(=O)=O)CC2)c1C#N. The number of pyridine rings is 1. The van der Waals surface area contributed by atoms with Crippen LogP contribution in [0.5, 0.6) is 0 Å². The highest BCUT2D eigenvalue weighted by Gasteiger charge is 2.27. The summed E-state index contributed by atoms with van der Waals surface area (Å²) in [6.07, 6.45) is 3.14. The second kappa shape index (κ2) is 6.59. The molecule has 1 aromatic heterocycles. The van der Waals surface area contributed by atoms with Gasteiger partial charge in [-0.25, -0.2) is 13.4 Å². The largest absolute Gasteiger partial charge is 0.367 e. The van der Waals surface area contributed by atoms with E-state index >= 15 is 0 Å². The monoisotopic (exact) mass is 362 g/mol. The Morgan fingerprint density at radius 2 is 1.88 bits per heavy atom. The van der Waals surface area contributed by atoms with E-state index in [0.29, 0.717) is 36.8 Å². The van der Waals surface area contributed by atoms with Gasteiger partial charge in [0.25, 0.3) is 0 Å². The number of piperazine rings is 1. The summed E-state index contributed by atoms with van der Waals surface area (Å²) in [6.45, 7) is 1.97. The first-order valence-corrected chi connectivity index (χ1v) is 10.6. The maximum Gasteiger partial charge on any atom is 0.211 e. The van der Waals surface area contributed by atoms with Crippen LogP contribution in [0.3, 0.4) is 0 Å². The van der Waals surface area contributed by atoms with Crippen molar-refractivity contribution in [3.63, 3.8) is 0 Å². The van der Waals surface area contributed by atoms with Crippen molar-refractivity contribution >= 4 is 38.4 Å². The van der Waals surface area contributed by atoms with Crippen LogP contribution >= 0.6 is 11.8 Å². The van der Waals surface area contributed by atoms with Gasteiger partial charge >= 0.3 is 0 Å². The fraction of sp³-hybridized carbons (Fsp3) is 0.375. The summed E-state index contributed by atoms with van der Waals surface area (Å²) in [4.78, 5) is 6.68. The van der Waals surface area contributed by atoms with Crippen LogP contribution in [0.15, 0.2) is 29.3 Å². The van der Waals surface area contributed by atoms with Crippen LogP contribution in [0, 0.1) is 11.3 Å². The third kappa shape index (κ3) is 3.07. The van der Waals surface area contributed by atoms with Crippen LogP contribution < -0.4 is 4.90 Å². The molecule has 8 heteroatoms. The zero-order valence-corrected chi connectivity index (χ0v) is 15.2. The van der Waals surface area contributed by atoms with Gasteiger partial charge in [0.15, 0.2) is 0 Å². The second-order valence-electron chi connectivity index (χ2n) is 5.62. The highest BCUT2D eigenvalue weighted by molar-refractivity contribution is 7.98. The topological polar surface area (TPSA) is 77.3 Å². The average molecular weight is 362 g/mol. The number of benzene rings is 1. The zero-order chi connectivity index (χ0) is 17.3. The van der Waals surface area contributed by atoms with E-state index in [1.165, 1.54) is 22.3 Å². The Morgan fingerprint density at radius 1 is 1.21 bits per heavy atom. The van der Waals surface area contributed by atoms with E-state index in [0.717, 1.165) is 16.6 Å². The van der Waals surface area contributed by atoms with Gasteiger partial charge in [-0.3, -0.25) is 0 Å². The molecule has 0 saturated carbocycles. The Bertz CT molecular complexity index is 914. The van der Waals surface area contributed by atoms with E-state index in [1.807, 2.05) is 30.5 Å². The molecule has 2 aromatic rings. The van der Waals surface area contributed by atoms with Crippen molar-refractivity contribution in [2.24, 2.45) is 0 Å². The molecule has 1 aliphatic rings. The number of rotatable bonds is 3. The Kier molecular flexibility index (Phi) is 4.67. The minimum Gasteiger partial charge on any atom is -0.367 e. The van der Waals surface area contributed by atoms with Crippen molar-refractivity contribution < 1.29 is 8.42 Å². The van der Waals surface area contributed by atoms with Crippen molar-refractivity contribution in [3.05, 3.63) is 29.8 Å². The normalized spacial score (nSPS) is 16.3. The predicted molar refractivity (Wildman–Crippen MR) is 96.9 cm³/mol. The number of anilines is 1. The van der Waals surface area contributed by atoms with Gasteiger partial charge in [0.1, 0.15) is 16.7 Å². The molecule has 24 heavy (non-hydrogen) atoms. The highest BCUT2D eigenvalue weighted by atomic mass is 32.2. The van der Waals surface area contributed by atoms with Crippen LogP contribution in [0.1, 0.15) is 5.56 Å². The number of sulfonamides is 1. The van der Waals surface area contributed by atoms with Gasteiger partial charge in [-0.2, -0.15) is 9.57 Å². The number of aromatic nitrogens is 1. The third-order valence-electron chi connectivity index (χ3n) is 4.16. The molecule has 0 amide bonds. The average Bonchev–Trinajstić information content (AvgIpc) is 2.59. The number of thioether (sulfide) groups is 1. The molecule has 3 rings (SSSR count). The van der Waals surface area contributed by atoms with Crippen molar-refractivity contribution in [2.75, 3.05) is 43.6 Å². The summed E-state index contributed by atoms with van der Waals surface area (Å²) in [5.74, 6) is 0. The first kappa shape index (κ1) is 17.0. The molecule has 0 bridgehead atoms. The summed E-state index contributed by atoms with van der Waals surface area (Å²) < 4.78 is 24.9. The van der Waals surface area contributed by atoms with Gasteiger partial charge in [-0.05, 0) is 12.3 Å². The summed E-state index contributed by atoms with van der Waals surface area (Å²) in [7, 11) is -3.18. The standard InChI is InChI=1S/C16H18N4O2S2/c1-23-16-13(11-17)15(12-5-3-4-6-14(12)18-16)19-7-9-20(10-8-19)24(2,21)22/h3-6H,7-10H2,1-2H3. The molecule has 0 N–H and O–H groups in total. The minimum atomic E-state index is -3.18. The molecule has 6 nitrogen and oxygen atoms in total. The molecular weight excluding hydrogens is 344 g/mol. The van der Waals surface area contributed by atoms with Gasteiger partial charge < -0.3 is 4.90 Å². The van der Waals surface area contributed by atoms with Crippen LogP contribution in [0.2, 0.25) is 0 Å². The molecule has 0 atom stereocenters. The Hall–Kier alpha value is -1.82. The molecule has 0 aliphatic carbocycles.